The highest BCUT2D eigenvalue weighted by Crippen LogP contribution is 2.28. The first-order valence-corrected chi connectivity index (χ1v) is 9.53. The lowest BCUT2D eigenvalue weighted by Crippen LogP contribution is -2.57. The number of hydrogen-bond acceptors (Lipinski definition) is 5. The number of rotatable bonds is 4. The van der Waals surface area contributed by atoms with Gasteiger partial charge in [0.25, 0.3) is 5.91 Å². The van der Waals surface area contributed by atoms with Crippen LogP contribution in [0.2, 0.25) is 0 Å². The van der Waals surface area contributed by atoms with Crippen molar-refractivity contribution < 1.29 is 29.3 Å². The summed E-state index contributed by atoms with van der Waals surface area (Å²) in [7, 11) is 0. The smallest absolute Gasteiger partial charge is 0.328 e. The van der Waals surface area contributed by atoms with Crippen LogP contribution >= 0.6 is 0 Å². The van der Waals surface area contributed by atoms with Crippen LogP contribution in [0.4, 0.5) is 0 Å². The lowest BCUT2D eigenvalue weighted by atomic mass is 9.84. The van der Waals surface area contributed by atoms with E-state index in [0.717, 1.165) is 23.4 Å². The van der Waals surface area contributed by atoms with Crippen LogP contribution in [0.1, 0.15) is 28.8 Å². The molecular formula is C21H24N2O6. The molecule has 0 aromatic heterocycles. The maximum absolute atomic E-state index is 12.5. The van der Waals surface area contributed by atoms with E-state index in [4.69, 9.17) is 14.9 Å². The van der Waals surface area contributed by atoms with Crippen LogP contribution in [0.3, 0.4) is 0 Å². The van der Waals surface area contributed by atoms with Crippen molar-refractivity contribution in [2.45, 2.75) is 18.9 Å². The third kappa shape index (κ3) is 5.68. The summed E-state index contributed by atoms with van der Waals surface area (Å²) in [4.78, 5) is 34.0. The fourth-order valence-corrected chi connectivity index (χ4v) is 3.79. The van der Waals surface area contributed by atoms with E-state index in [1.165, 1.54) is 25.9 Å². The predicted molar refractivity (Wildman–Crippen MR) is 106 cm³/mol. The lowest BCUT2D eigenvalue weighted by molar-refractivity contribution is -0.134. The molecular weight excluding hydrogens is 376 g/mol. The maximum Gasteiger partial charge on any atom is 0.328 e. The summed E-state index contributed by atoms with van der Waals surface area (Å²) in [6.45, 7) is 4.00. The number of carbonyl (C=O) groups excluding carboxylic acids is 1. The summed E-state index contributed by atoms with van der Waals surface area (Å²) >= 11 is 0. The molecule has 1 aromatic rings. The SMILES string of the molecule is O=C(NC1CN2CCC1CC2)c1ccc2c(c1)C=CCO2.O=C(O)/C=C/C(=O)O. The third-order valence-corrected chi connectivity index (χ3v) is 5.25. The molecule has 8 nitrogen and oxygen atoms in total. The number of nitrogens with one attached hydrogen (secondary N) is 1. The van der Waals surface area contributed by atoms with Gasteiger partial charge >= 0.3 is 11.9 Å². The average Bonchev–Trinajstić information content (AvgIpc) is 2.73. The molecule has 0 radical (unpaired) electrons. The van der Waals surface area contributed by atoms with Gasteiger partial charge in [0, 0.05) is 35.9 Å². The highest BCUT2D eigenvalue weighted by atomic mass is 16.5. The highest BCUT2D eigenvalue weighted by molar-refractivity contribution is 5.95. The van der Waals surface area contributed by atoms with Gasteiger partial charge in [0.05, 0.1) is 0 Å². The minimum Gasteiger partial charge on any atom is -0.489 e. The van der Waals surface area contributed by atoms with Crippen LogP contribution in [0, 0.1) is 5.92 Å². The van der Waals surface area contributed by atoms with Crippen LogP contribution in [-0.2, 0) is 9.59 Å². The number of hydrogen-bond donors (Lipinski definition) is 3. The van der Waals surface area contributed by atoms with Gasteiger partial charge in [-0.15, -0.1) is 0 Å². The summed E-state index contributed by atoms with van der Waals surface area (Å²) < 4.78 is 5.52. The zero-order valence-corrected chi connectivity index (χ0v) is 15.9. The lowest BCUT2D eigenvalue weighted by Gasteiger charge is -2.44. The van der Waals surface area contributed by atoms with Gasteiger partial charge < -0.3 is 25.2 Å². The van der Waals surface area contributed by atoms with E-state index in [1.54, 1.807) is 0 Å². The number of carboxylic acid groups (broad SMARTS) is 2. The second-order valence-electron chi connectivity index (χ2n) is 7.19. The van der Waals surface area contributed by atoms with Crippen LogP contribution in [0.5, 0.6) is 5.75 Å². The first-order valence-electron chi connectivity index (χ1n) is 9.53. The van der Waals surface area contributed by atoms with E-state index in [9.17, 15) is 14.4 Å². The third-order valence-electron chi connectivity index (χ3n) is 5.25. The van der Waals surface area contributed by atoms with Crippen molar-refractivity contribution in [3.8, 4) is 5.75 Å². The number of piperidine rings is 3. The molecule has 1 unspecified atom stereocenters. The highest BCUT2D eigenvalue weighted by Gasteiger charge is 2.34. The van der Waals surface area contributed by atoms with Gasteiger partial charge in [0.2, 0.25) is 0 Å². The number of ether oxygens (including phenoxy) is 1. The molecule has 3 fully saturated rings. The molecule has 29 heavy (non-hydrogen) atoms. The van der Waals surface area contributed by atoms with Gasteiger partial charge in [-0.3, -0.25) is 4.79 Å². The number of fused-ring (bicyclic) bond motifs is 4. The molecule has 4 aliphatic heterocycles. The van der Waals surface area contributed by atoms with E-state index >= 15 is 0 Å². The van der Waals surface area contributed by atoms with E-state index < -0.39 is 11.9 Å². The standard InChI is InChI=1S/C17H20N2O2.C4H4O4/c20-17(18-15-11-19-7-5-12(15)6-8-19)14-3-4-16-13(10-14)2-1-9-21-16;5-3(6)1-2-4(7)8/h1-4,10,12,15H,5-9,11H2,(H,18,20);1-2H,(H,5,6)(H,7,8)/b;2-1+. The number of aliphatic carboxylic acids is 2. The molecule has 5 rings (SSSR count). The van der Waals surface area contributed by atoms with Crippen molar-refractivity contribution in [3.63, 3.8) is 0 Å². The van der Waals surface area contributed by atoms with Gasteiger partial charge in [-0.25, -0.2) is 9.59 Å². The predicted octanol–water partition coefficient (Wildman–Crippen LogP) is 1.63. The van der Waals surface area contributed by atoms with Crippen LogP contribution < -0.4 is 10.1 Å². The molecule has 1 aromatic carbocycles. The molecule has 154 valence electrons. The Labute approximate surface area is 168 Å². The van der Waals surface area contributed by atoms with Crippen molar-refractivity contribution in [2.75, 3.05) is 26.2 Å². The van der Waals surface area contributed by atoms with E-state index in [-0.39, 0.29) is 5.91 Å². The van der Waals surface area contributed by atoms with Crippen LogP contribution in [0.25, 0.3) is 6.08 Å². The summed E-state index contributed by atoms with van der Waals surface area (Å²) in [6.07, 6.45) is 7.53. The fourth-order valence-electron chi connectivity index (χ4n) is 3.79. The van der Waals surface area contributed by atoms with Gasteiger partial charge in [0.1, 0.15) is 12.4 Å². The Morgan fingerprint density at radius 2 is 1.79 bits per heavy atom. The Morgan fingerprint density at radius 1 is 1.10 bits per heavy atom. The summed E-state index contributed by atoms with van der Waals surface area (Å²) in [5.74, 6) is -0.966. The molecule has 0 aliphatic carbocycles. The van der Waals surface area contributed by atoms with Crippen LogP contribution in [-0.4, -0.2) is 65.2 Å². The molecule has 8 heteroatoms. The number of amides is 1. The summed E-state index contributed by atoms with van der Waals surface area (Å²) in [5.41, 5.74) is 1.71. The fraction of sp³-hybridized carbons (Fsp3) is 0.381. The van der Waals surface area contributed by atoms with Crippen molar-refractivity contribution >= 4 is 23.9 Å². The maximum atomic E-state index is 12.5. The van der Waals surface area contributed by atoms with Gasteiger partial charge in [-0.05, 0) is 56.1 Å². The van der Waals surface area contributed by atoms with Gasteiger partial charge in [0.15, 0.2) is 0 Å². The van der Waals surface area contributed by atoms with Crippen molar-refractivity contribution in [2.24, 2.45) is 5.92 Å². The molecule has 2 bridgehead atoms. The molecule has 1 atom stereocenters. The number of carboxylic acids is 2. The van der Waals surface area contributed by atoms with Gasteiger partial charge in [-0.1, -0.05) is 6.08 Å². The second kappa shape index (κ2) is 9.38. The van der Waals surface area contributed by atoms with E-state index in [2.05, 4.69) is 10.2 Å². The molecule has 4 aliphatic rings. The Bertz CT molecular complexity index is 824. The molecule has 4 heterocycles. The number of nitrogens with zero attached hydrogens (tertiary/aromatic N) is 1. The largest absolute Gasteiger partial charge is 0.489 e. The van der Waals surface area contributed by atoms with Crippen LogP contribution in [0.15, 0.2) is 36.4 Å². The molecule has 0 spiro atoms. The average molecular weight is 400 g/mol. The summed E-state index contributed by atoms with van der Waals surface area (Å²) in [5, 5.41) is 18.9. The van der Waals surface area contributed by atoms with Gasteiger partial charge in [-0.2, -0.15) is 0 Å². The molecule has 0 saturated carbocycles. The topological polar surface area (TPSA) is 116 Å². The Hall–Kier alpha value is -3.13. The normalized spacial score (nSPS) is 24.1. The minimum atomic E-state index is -1.26. The van der Waals surface area contributed by atoms with Crippen molar-refractivity contribution in [1.29, 1.82) is 0 Å². The summed E-state index contributed by atoms with van der Waals surface area (Å²) in [6, 6.07) is 5.98. The zero-order chi connectivity index (χ0) is 20.8. The Kier molecular flexibility index (Phi) is 6.66. The minimum absolute atomic E-state index is 0.0375. The first kappa shape index (κ1) is 20.6. The molecule has 3 saturated heterocycles. The molecule has 3 N–H and O–H groups in total. The molecule has 1 amide bonds. The Morgan fingerprint density at radius 3 is 2.38 bits per heavy atom. The zero-order valence-electron chi connectivity index (χ0n) is 15.9. The first-order chi connectivity index (χ1) is 13.9. The second-order valence-corrected chi connectivity index (χ2v) is 7.19. The van der Waals surface area contributed by atoms with Crippen molar-refractivity contribution in [1.82, 2.24) is 10.2 Å². The van der Waals surface area contributed by atoms with E-state index in [1.807, 2.05) is 30.4 Å². The number of benzene rings is 1. The Balaban J connectivity index is 0.000000258. The van der Waals surface area contributed by atoms with E-state index in [0.29, 0.717) is 30.7 Å². The monoisotopic (exact) mass is 400 g/mol. The van der Waals surface area contributed by atoms with Crippen molar-refractivity contribution in [3.05, 3.63) is 47.6 Å². The number of carbonyl (C=O) groups is 3. The quantitative estimate of drug-likeness (QED) is 0.658.